The number of hydrogen-bond donors (Lipinski definition) is 2. The Kier molecular flexibility index (Phi) is 6.60. The molecular weight excluding hydrogens is 350 g/mol. The van der Waals surface area contributed by atoms with Gasteiger partial charge in [0, 0.05) is 6.54 Å². The van der Waals surface area contributed by atoms with E-state index < -0.39 is 11.2 Å². The molecule has 146 valence electrons. The van der Waals surface area contributed by atoms with Gasteiger partial charge in [0.25, 0.3) is 0 Å². The number of rotatable bonds is 9. The lowest BCUT2D eigenvalue weighted by Crippen LogP contribution is -2.53. The van der Waals surface area contributed by atoms with Crippen molar-refractivity contribution < 1.29 is 14.7 Å². The Hall–Kier alpha value is -2.50. The van der Waals surface area contributed by atoms with E-state index in [2.05, 4.69) is 5.48 Å². The molecule has 3 aromatic rings. The Bertz CT molecular complexity index is 739. The van der Waals surface area contributed by atoms with Crippen LogP contribution in [0.15, 0.2) is 91.0 Å². The van der Waals surface area contributed by atoms with E-state index >= 15 is 0 Å². The molecule has 0 fully saturated rings. The lowest BCUT2D eigenvalue weighted by Gasteiger charge is -2.46. The highest BCUT2D eigenvalue weighted by atomic mass is 16.6. The third kappa shape index (κ3) is 3.86. The maximum atomic E-state index is 11.8. The molecule has 1 unspecified atom stereocenters. The number of hydrogen-bond acceptors (Lipinski definition) is 4. The van der Waals surface area contributed by atoms with Crippen LogP contribution in [0.2, 0.25) is 0 Å². The summed E-state index contributed by atoms with van der Waals surface area (Å²) in [6, 6.07) is 30.0. The van der Waals surface area contributed by atoms with Crippen molar-refractivity contribution in [3.05, 3.63) is 108 Å². The fourth-order valence-electron chi connectivity index (χ4n) is 3.87. The Morgan fingerprint density at radius 2 is 1.14 bits per heavy atom. The summed E-state index contributed by atoms with van der Waals surface area (Å²) < 4.78 is 6.07. The van der Waals surface area contributed by atoms with E-state index in [1.165, 1.54) is 0 Å². The highest BCUT2D eigenvalue weighted by molar-refractivity contribution is 5.52. The molecule has 4 nitrogen and oxygen atoms in total. The molecule has 4 heteroatoms. The molecular formula is C24H27NO3. The van der Waals surface area contributed by atoms with Gasteiger partial charge in [-0.25, -0.2) is 5.48 Å². The maximum Gasteiger partial charge on any atom is 0.180 e. The molecule has 0 aliphatic carbocycles. The normalized spacial score (nSPS) is 13.8. The number of hydroxylamine groups is 1. The van der Waals surface area contributed by atoms with Gasteiger partial charge in [-0.15, -0.1) is 0 Å². The first kappa shape index (κ1) is 20.2. The standard InChI is InChI=1S/C24H27NO3/c1-23(26,28-19-18-25-27-2)24(20-12-6-3-7-13-20,21-14-8-4-9-15-21)22-16-10-5-11-17-22/h3-17,25-26H,18-19H2,1-2H3. The number of ether oxygens (including phenoxy) is 1. The highest BCUT2D eigenvalue weighted by Gasteiger charge is 2.52. The summed E-state index contributed by atoms with van der Waals surface area (Å²) in [6.07, 6.45) is 0. The molecule has 3 rings (SSSR count). The van der Waals surface area contributed by atoms with Gasteiger partial charge in [0.05, 0.1) is 19.1 Å². The molecule has 2 N–H and O–H groups in total. The summed E-state index contributed by atoms with van der Waals surface area (Å²) in [4.78, 5) is 4.88. The summed E-state index contributed by atoms with van der Waals surface area (Å²) in [5, 5.41) is 11.8. The second-order valence-corrected chi connectivity index (χ2v) is 6.78. The summed E-state index contributed by atoms with van der Waals surface area (Å²) >= 11 is 0. The minimum atomic E-state index is -1.52. The molecule has 0 amide bonds. The second kappa shape index (κ2) is 9.13. The van der Waals surface area contributed by atoms with Crippen LogP contribution in [0, 0.1) is 0 Å². The molecule has 1 atom stereocenters. The van der Waals surface area contributed by atoms with Crippen LogP contribution in [0.3, 0.4) is 0 Å². The first-order valence-corrected chi connectivity index (χ1v) is 9.41. The molecule has 3 aromatic carbocycles. The average Bonchev–Trinajstić information content (AvgIpc) is 2.74. The van der Waals surface area contributed by atoms with Crippen molar-refractivity contribution >= 4 is 0 Å². The van der Waals surface area contributed by atoms with E-state index in [4.69, 9.17) is 9.57 Å². The van der Waals surface area contributed by atoms with Gasteiger partial charge in [-0.3, -0.25) is 0 Å². The third-order valence-electron chi connectivity index (χ3n) is 5.05. The molecule has 0 heterocycles. The van der Waals surface area contributed by atoms with E-state index in [0.29, 0.717) is 6.54 Å². The quantitative estimate of drug-likeness (QED) is 0.257. The van der Waals surface area contributed by atoms with Crippen LogP contribution < -0.4 is 5.48 Å². The van der Waals surface area contributed by atoms with Crippen molar-refractivity contribution in [3.63, 3.8) is 0 Å². The molecule has 0 radical (unpaired) electrons. The van der Waals surface area contributed by atoms with Crippen LogP contribution in [0.5, 0.6) is 0 Å². The second-order valence-electron chi connectivity index (χ2n) is 6.78. The van der Waals surface area contributed by atoms with Gasteiger partial charge in [0.1, 0.15) is 0 Å². The molecule has 0 bridgehead atoms. The third-order valence-corrected chi connectivity index (χ3v) is 5.05. The van der Waals surface area contributed by atoms with Crippen LogP contribution in [0.4, 0.5) is 0 Å². The summed E-state index contributed by atoms with van der Waals surface area (Å²) in [7, 11) is 1.56. The number of nitrogens with one attached hydrogen (secondary N) is 1. The Morgan fingerprint density at radius 3 is 1.50 bits per heavy atom. The monoisotopic (exact) mass is 377 g/mol. The van der Waals surface area contributed by atoms with Crippen LogP contribution in [0.25, 0.3) is 0 Å². The molecule has 0 saturated heterocycles. The van der Waals surface area contributed by atoms with E-state index in [-0.39, 0.29) is 6.61 Å². The summed E-state index contributed by atoms with van der Waals surface area (Å²) in [6.45, 7) is 2.48. The fraction of sp³-hybridized carbons (Fsp3) is 0.250. The lowest BCUT2D eigenvalue weighted by atomic mass is 9.64. The molecule has 0 aliphatic rings. The summed E-state index contributed by atoms with van der Waals surface area (Å²) in [5.41, 5.74) is 4.71. The van der Waals surface area contributed by atoms with Crippen molar-refractivity contribution in [1.82, 2.24) is 5.48 Å². The highest BCUT2D eigenvalue weighted by Crippen LogP contribution is 2.47. The van der Waals surface area contributed by atoms with E-state index in [1.54, 1.807) is 14.0 Å². The first-order valence-electron chi connectivity index (χ1n) is 9.41. The van der Waals surface area contributed by atoms with Crippen LogP contribution in [-0.2, 0) is 15.0 Å². The lowest BCUT2D eigenvalue weighted by molar-refractivity contribution is -0.219. The van der Waals surface area contributed by atoms with Crippen molar-refractivity contribution in [3.8, 4) is 0 Å². The summed E-state index contributed by atoms with van der Waals surface area (Å²) in [5.74, 6) is -1.52. The molecule has 0 aliphatic heterocycles. The fourth-order valence-corrected chi connectivity index (χ4v) is 3.87. The minimum absolute atomic E-state index is 0.287. The van der Waals surface area contributed by atoms with Crippen LogP contribution in [-0.4, -0.2) is 31.2 Å². The van der Waals surface area contributed by atoms with Crippen molar-refractivity contribution in [2.75, 3.05) is 20.3 Å². The van der Waals surface area contributed by atoms with E-state index in [9.17, 15) is 5.11 Å². The zero-order valence-electron chi connectivity index (χ0n) is 16.3. The van der Waals surface area contributed by atoms with Gasteiger partial charge in [-0.1, -0.05) is 91.0 Å². The predicted octanol–water partition coefficient (Wildman–Crippen LogP) is 3.90. The van der Waals surface area contributed by atoms with Gasteiger partial charge in [-0.05, 0) is 23.6 Å². The molecule has 0 aromatic heterocycles. The smallest absolute Gasteiger partial charge is 0.180 e. The van der Waals surface area contributed by atoms with Gasteiger partial charge in [0.2, 0.25) is 0 Å². The van der Waals surface area contributed by atoms with Gasteiger partial charge >= 0.3 is 0 Å². The molecule has 0 spiro atoms. The molecule has 28 heavy (non-hydrogen) atoms. The zero-order chi connectivity index (χ0) is 19.9. The van der Waals surface area contributed by atoms with Crippen molar-refractivity contribution in [2.24, 2.45) is 0 Å². The van der Waals surface area contributed by atoms with Gasteiger partial charge in [0.15, 0.2) is 5.79 Å². The van der Waals surface area contributed by atoms with Crippen LogP contribution in [0.1, 0.15) is 23.6 Å². The average molecular weight is 377 g/mol. The van der Waals surface area contributed by atoms with Crippen LogP contribution >= 0.6 is 0 Å². The zero-order valence-corrected chi connectivity index (χ0v) is 16.3. The minimum Gasteiger partial charge on any atom is -0.364 e. The van der Waals surface area contributed by atoms with Gasteiger partial charge in [-0.2, -0.15) is 0 Å². The van der Waals surface area contributed by atoms with E-state index in [1.807, 2.05) is 91.0 Å². The van der Waals surface area contributed by atoms with Crippen molar-refractivity contribution in [2.45, 2.75) is 18.1 Å². The maximum absolute atomic E-state index is 11.8. The van der Waals surface area contributed by atoms with Gasteiger partial charge < -0.3 is 14.7 Å². The Morgan fingerprint density at radius 1 is 0.750 bits per heavy atom. The first-order chi connectivity index (χ1) is 13.6. The van der Waals surface area contributed by atoms with Crippen molar-refractivity contribution in [1.29, 1.82) is 0 Å². The largest absolute Gasteiger partial charge is 0.364 e. The number of benzene rings is 3. The Balaban J connectivity index is 2.22. The van der Waals surface area contributed by atoms with E-state index in [0.717, 1.165) is 16.7 Å². The number of aliphatic hydroxyl groups is 1. The molecule has 0 saturated carbocycles. The topological polar surface area (TPSA) is 50.7 Å². The Labute approximate surface area is 166 Å². The predicted molar refractivity (Wildman–Crippen MR) is 111 cm³/mol. The SMILES string of the molecule is CONCCOC(C)(O)C(c1ccccc1)(c1ccccc1)c1ccccc1.